The maximum Gasteiger partial charge on any atom is 0.00991 e. The molecule has 0 saturated heterocycles. The molecule has 2 unspecified atom stereocenters. The smallest absolute Gasteiger partial charge is 0.00991 e. The van der Waals surface area contributed by atoms with Crippen LogP contribution in [0.3, 0.4) is 0 Å². The van der Waals surface area contributed by atoms with Crippen LogP contribution < -0.4 is 10.6 Å². The minimum absolute atomic E-state index is 0.635. The molecule has 2 N–H and O–H groups in total. The first-order chi connectivity index (χ1) is 7.24. The quantitative estimate of drug-likeness (QED) is 0.574. The monoisotopic (exact) mass is 212 g/mol. The van der Waals surface area contributed by atoms with Gasteiger partial charge in [0.15, 0.2) is 0 Å². The highest BCUT2D eigenvalue weighted by Crippen LogP contribution is 2.34. The predicted octanol–water partition coefficient (Wildman–Crippen LogP) is 2.54. The third-order valence-electron chi connectivity index (χ3n) is 3.14. The molecule has 1 fully saturated rings. The maximum absolute atomic E-state index is 3.65. The summed E-state index contributed by atoms with van der Waals surface area (Å²) in [6, 6.07) is 1.50. The van der Waals surface area contributed by atoms with Crippen molar-refractivity contribution in [2.45, 2.75) is 65.0 Å². The molecule has 1 aliphatic rings. The SMILES string of the molecule is CCCC1CC1NCCCCNC(C)C. The van der Waals surface area contributed by atoms with Crippen molar-refractivity contribution in [1.82, 2.24) is 10.6 Å². The van der Waals surface area contributed by atoms with Gasteiger partial charge in [-0.2, -0.15) is 0 Å². The molecule has 0 amide bonds. The summed E-state index contributed by atoms with van der Waals surface area (Å²) in [5, 5.41) is 7.10. The van der Waals surface area contributed by atoms with Crippen LogP contribution in [-0.4, -0.2) is 25.2 Å². The first kappa shape index (κ1) is 13.0. The zero-order valence-corrected chi connectivity index (χ0v) is 10.7. The molecule has 90 valence electrons. The van der Waals surface area contributed by atoms with Crippen molar-refractivity contribution in [3.05, 3.63) is 0 Å². The molecule has 15 heavy (non-hydrogen) atoms. The van der Waals surface area contributed by atoms with Gasteiger partial charge >= 0.3 is 0 Å². The van der Waals surface area contributed by atoms with Crippen LogP contribution >= 0.6 is 0 Å². The molecule has 1 aliphatic carbocycles. The van der Waals surface area contributed by atoms with Gasteiger partial charge in [0.2, 0.25) is 0 Å². The zero-order chi connectivity index (χ0) is 11.1. The highest BCUT2D eigenvalue weighted by Gasteiger charge is 2.34. The van der Waals surface area contributed by atoms with Gasteiger partial charge in [0.1, 0.15) is 0 Å². The van der Waals surface area contributed by atoms with E-state index in [1.165, 1.54) is 45.2 Å². The Hall–Kier alpha value is -0.0800. The average molecular weight is 212 g/mol. The van der Waals surface area contributed by atoms with Crippen LogP contribution in [0.15, 0.2) is 0 Å². The predicted molar refractivity (Wildman–Crippen MR) is 67.2 cm³/mol. The lowest BCUT2D eigenvalue weighted by molar-refractivity contribution is 0.530. The van der Waals surface area contributed by atoms with Crippen LogP contribution in [0.1, 0.15) is 52.9 Å². The summed E-state index contributed by atoms with van der Waals surface area (Å²) in [6.45, 7) is 9.08. The van der Waals surface area contributed by atoms with Crippen molar-refractivity contribution < 1.29 is 0 Å². The lowest BCUT2D eigenvalue weighted by Crippen LogP contribution is -2.25. The van der Waals surface area contributed by atoms with E-state index in [1.807, 2.05) is 0 Å². The molecule has 0 aromatic carbocycles. The zero-order valence-electron chi connectivity index (χ0n) is 10.7. The van der Waals surface area contributed by atoms with Crippen molar-refractivity contribution in [3.63, 3.8) is 0 Å². The first-order valence-electron chi connectivity index (χ1n) is 6.70. The van der Waals surface area contributed by atoms with Crippen LogP contribution in [0.25, 0.3) is 0 Å². The van der Waals surface area contributed by atoms with E-state index in [0.717, 1.165) is 12.0 Å². The maximum atomic E-state index is 3.65. The average Bonchev–Trinajstić information content (AvgIpc) is 2.90. The van der Waals surface area contributed by atoms with E-state index in [4.69, 9.17) is 0 Å². The van der Waals surface area contributed by atoms with Crippen LogP contribution in [0.2, 0.25) is 0 Å². The van der Waals surface area contributed by atoms with Crippen LogP contribution in [-0.2, 0) is 0 Å². The third kappa shape index (κ3) is 6.16. The summed E-state index contributed by atoms with van der Waals surface area (Å²) >= 11 is 0. The Morgan fingerprint density at radius 3 is 2.60 bits per heavy atom. The number of unbranched alkanes of at least 4 members (excludes halogenated alkanes) is 1. The molecule has 1 rings (SSSR count). The van der Waals surface area contributed by atoms with Gasteiger partial charge in [-0.25, -0.2) is 0 Å². The lowest BCUT2D eigenvalue weighted by Gasteiger charge is -2.08. The molecule has 0 aromatic heterocycles. The molecule has 0 aromatic rings. The molecule has 0 spiro atoms. The number of rotatable bonds is 9. The third-order valence-corrected chi connectivity index (χ3v) is 3.14. The largest absolute Gasteiger partial charge is 0.315 e. The Kier molecular flexibility index (Phi) is 6.26. The number of hydrogen-bond donors (Lipinski definition) is 2. The summed E-state index contributed by atoms with van der Waals surface area (Å²) in [6.07, 6.45) is 6.82. The van der Waals surface area contributed by atoms with E-state index in [-0.39, 0.29) is 0 Å². The number of nitrogens with one attached hydrogen (secondary N) is 2. The topological polar surface area (TPSA) is 24.1 Å². The second-order valence-electron chi connectivity index (χ2n) is 5.16. The molecule has 2 atom stereocenters. The van der Waals surface area contributed by atoms with E-state index < -0.39 is 0 Å². The Morgan fingerprint density at radius 2 is 1.93 bits per heavy atom. The Labute approximate surface area is 95.2 Å². The van der Waals surface area contributed by atoms with E-state index in [9.17, 15) is 0 Å². The fraction of sp³-hybridized carbons (Fsp3) is 1.00. The molecule has 0 heterocycles. The van der Waals surface area contributed by atoms with Crippen LogP contribution in [0.5, 0.6) is 0 Å². The molecule has 0 bridgehead atoms. The first-order valence-corrected chi connectivity index (χ1v) is 6.70. The minimum Gasteiger partial charge on any atom is -0.315 e. The second-order valence-corrected chi connectivity index (χ2v) is 5.16. The van der Waals surface area contributed by atoms with Crippen molar-refractivity contribution in [1.29, 1.82) is 0 Å². The van der Waals surface area contributed by atoms with Gasteiger partial charge in [0.25, 0.3) is 0 Å². The summed E-state index contributed by atoms with van der Waals surface area (Å²) in [5.41, 5.74) is 0. The Bertz CT molecular complexity index is 157. The fourth-order valence-electron chi connectivity index (χ4n) is 2.12. The molecule has 0 radical (unpaired) electrons. The molecule has 1 saturated carbocycles. The Morgan fingerprint density at radius 1 is 1.20 bits per heavy atom. The van der Waals surface area contributed by atoms with Crippen molar-refractivity contribution in [2.75, 3.05) is 13.1 Å². The summed E-state index contributed by atoms with van der Waals surface area (Å²) in [5.74, 6) is 1.00. The van der Waals surface area contributed by atoms with E-state index in [0.29, 0.717) is 6.04 Å². The van der Waals surface area contributed by atoms with E-state index in [1.54, 1.807) is 0 Å². The van der Waals surface area contributed by atoms with Crippen molar-refractivity contribution in [3.8, 4) is 0 Å². The lowest BCUT2D eigenvalue weighted by atomic mass is 10.2. The summed E-state index contributed by atoms with van der Waals surface area (Å²) in [4.78, 5) is 0. The minimum atomic E-state index is 0.635. The fourth-order valence-corrected chi connectivity index (χ4v) is 2.12. The summed E-state index contributed by atoms with van der Waals surface area (Å²) in [7, 11) is 0. The highest BCUT2D eigenvalue weighted by molar-refractivity contribution is 4.92. The van der Waals surface area contributed by atoms with Gasteiger partial charge in [-0.1, -0.05) is 27.2 Å². The van der Waals surface area contributed by atoms with Crippen LogP contribution in [0, 0.1) is 5.92 Å². The van der Waals surface area contributed by atoms with Gasteiger partial charge in [-0.3, -0.25) is 0 Å². The van der Waals surface area contributed by atoms with Gasteiger partial charge in [0.05, 0.1) is 0 Å². The molecule has 2 nitrogen and oxygen atoms in total. The number of hydrogen-bond acceptors (Lipinski definition) is 2. The molecular weight excluding hydrogens is 184 g/mol. The van der Waals surface area contributed by atoms with Gasteiger partial charge < -0.3 is 10.6 Å². The van der Waals surface area contributed by atoms with E-state index in [2.05, 4.69) is 31.4 Å². The Balaban J connectivity index is 1.78. The molecular formula is C13H28N2. The van der Waals surface area contributed by atoms with Crippen molar-refractivity contribution in [2.24, 2.45) is 5.92 Å². The van der Waals surface area contributed by atoms with E-state index >= 15 is 0 Å². The van der Waals surface area contributed by atoms with Gasteiger partial charge in [0, 0.05) is 12.1 Å². The van der Waals surface area contributed by atoms with Gasteiger partial charge in [-0.05, 0) is 44.7 Å². The molecule has 0 aliphatic heterocycles. The standard InChI is InChI=1S/C13H28N2/c1-4-7-12-10-13(12)15-9-6-5-8-14-11(2)3/h11-15H,4-10H2,1-3H3. The molecule has 2 heteroatoms. The highest BCUT2D eigenvalue weighted by atomic mass is 15.0. The normalized spacial score (nSPS) is 24.8. The van der Waals surface area contributed by atoms with Crippen LogP contribution in [0.4, 0.5) is 0 Å². The van der Waals surface area contributed by atoms with Gasteiger partial charge in [-0.15, -0.1) is 0 Å². The van der Waals surface area contributed by atoms with Crippen molar-refractivity contribution >= 4 is 0 Å². The summed E-state index contributed by atoms with van der Waals surface area (Å²) < 4.78 is 0. The second kappa shape index (κ2) is 7.24.